The topological polar surface area (TPSA) is 28.2 Å². The van der Waals surface area contributed by atoms with E-state index in [9.17, 15) is 0 Å². The van der Waals surface area contributed by atoms with Crippen LogP contribution in [0.5, 0.6) is 0 Å². The summed E-state index contributed by atoms with van der Waals surface area (Å²) in [6.45, 7) is 5.58. The Kier molecular flexibility index (Phi) is 3.30. The molecule has 21 heavy (non-hydrogen) atoms. The largest absolute Gasteiger partial charge is 0.371 e. The van der Waals surface area contributed by atoms with Crippen LogP contribution in [0.2, 0.25) is 0 Å². The van der Waals surface area contributed by atoms with Crippen molar-refractivity contribution in [3.63, 3.8) is 0 Å². The first kappa shape index (κ1) is 13.1. The number of hydrogen-bond donors (Lipinski definition) is 1. The van der Waals surface area contributed by atoms with Crippen LogP contribution < -0.4 is 10.2 Å². The van der Waals surface area contributed by atoms with Crippen molar-refractivity contribution in [3.8, 4) is 0 Å². The zero-order chi connectivity index (χ0) is 14.2. The fraction of sp³-hybridized carbons (Fsp3) is 0.500. The molecule has 0 spiro atoms. The minimum atomic E-state index is 0.730. The summed E-state index contributed by atoms with van der Waals surface area (Å²) >= 11 is 0. The first-order valence-electron chi connectivity index (χ1n) is 8.16. The molecule has 110 valence electrons. The summed E-state index contributed by atoms with van der Waals surface area (Å²) in [5.74, 6) is 0.796. The summed E-state index contributed by atoms with van der Waals surface area (Å²) in [6, 6.07) is 11.6. The van der Waals surface area contributed by atoms with Gasteiger partial charge < -0.3 is 10.2 Å². The van der Waals surface area contributed by atoms with Crippen LogP contribution in [0, 0.1) is 5.92 Å². The van der Waals surface area contributed by atoms with Crippen LogP contribution in [0.25, 0.3) is 10.9 Å². The highest BCUT2D eigenvalue weighted by atomic mass is 15.2. The van der Waals surface area contributed by atoms with Crippen LogP contribution in [0.4, 0.5) is 5.69 Å². The second kappa shape index (κ2) is 5.30. The van der Waals surface area contributed by atoms with Crippen molar-refractivity contribution in [2.75, 3.05) is 18.0 Å². The first-order chi connectivity index (χ1) is 10.3. The highest BCUT2D eigenvalue weighted by Crippen LogP contribution is 2.31. The van der Waals surface area contributed by atoms with Gasteiger partial charge >= 0.3 is 0 Å². The van der Waals surface area contributed by atoms with Crippen molar-refractivity contribution in [1.82, 2.24) is 10.3 Å². The molecule has 1 aromatic heterocycles. The molecule has 4 rings (SSSR count). The number of benzene rings is 1. The predicted octanol–water partition coefficient (Wildman–Crippen LogP) is 3.33. The maximum absolute atomic E-state index is 4.84. The van der Waals surface area contributed by atoms with Crippen molar-refractivity contribution < 1.29 is 0 Å². The van der Waals surface area contributed by atoms with Gasteiger partial charge in [0.05, 0.1) is 11.2 Å². The van der Waals surface area contributed by atoms with E-state index in [1.807, 2.05) is 0 Å². The SMILES string of the molecule is CC1CCN(c2cc(CNC3CC3)nc3ccccc23)C1. The number of pyridine rings is 1. The molecule has 3 nitrogen and oxygen atoms in total. The number of nitrogens with zero attached hydrogens (tertiary/aromatic N) is 2. The summed E-state index contributed by atoms with van der Waals surface area (Å²) < 4.78 is 0. The molecule has 2 aliphatic rings. The molecular weight excluding hydrogens is 258 g/mol. The molecule has 1 saturated heterocycles. The molecule has 1 N–H and O–H groups in total. The molecule has 2 aromatic rings. The van der Waals surface area contributed by atoms with E-state index in [0.717, 1.165) is 24.0 Å². The van der Waals surface area contributed by atoms with E-state index in [-0.39, 0.29) is 0 Å². The maximum Gasteiger partial charge on any atom is 0.0726 e. The summed E-state index contributed by atoms with van der Waals surface area (Å²) in [7, 11) is 0. The lowest BCUT2D eigenvalue weighted by Gasteiger charge is -2.21. The number of hydrogen-bond acceptors (Lipinski definition) is 3. The molecule has 1 aliphatic heterocycles. The summed E-state index contributed by atoms with van der Waals surface area (Å²) in [4.78, 5) is 7.37. The number of nitrogens with one attached hydrogen (secondary N) is 1. The standard InChI is InChI=1S/C18H23N3/c1-13-8-9-21(12-13)18-10-15(11-19-14-6-7-14)20-17-5-3-2-4-16(17)18/h2-5,10,13-14,19H,6-9,11-12H2,1H3. The minimum Gasteiger partial charge on any atom is -0.371 e. The van der Waals surface area contributed by atoms with E-state index >= 15 is 0 Å². The number of para-hydroxylation sites is 1. The number of aromatic nitrogens is 1. The Bertz CT molecular complexity index is 648. The van der Waals surface area contributed by atoms with E-state index in [1.165, 1.54) is 49.1 Å². The van der Waals surface area contributed by atoms with Crippen LogP contribution in [0.15, 0.2) is 30.3 Å². The Morgan fingerprint density at radius 2 is 2.10 bits per heavy atom. The zero-order valence-electron chi connectivity index (χ0n) is 12.7. The van der Waals surface area contributed by atoms with Crippen molar-refractivity contribution in [2.24, 2.45) is 5.92 Å². The van der Waals surface area contributed by atoms with E-state index < -0.39 is 0 Å². The number of rotatable bonds is 4. The van der Waals surface area contributed by atoms with Gasteiger partial charge in [-0.2, -0.15) is 0 Å². The van der Waals surface area contributed by atoms with Gasteiger partial charge in [0, 0.05) is 36.7 Å². The van der Waals surface area contributed by atoms with E-state index in [0.29, 0.717) is 0 Å². The van der Waals surface area contributed by atoms with Gasteiger partial charge in [-0.1, -0.05) is 25.1 Å². The second-order valence-corrected chi connectivity index (χ2v) is 6.64. The Morgan fingerprint density at radius 3 is 2.86 bits per heavy atom. The third-order valence-electron chi connectivity index (χ3n) is 4.66. The number of fused-ring (bicyclic) bond motifs is 1. The third-order valence-corrected chi connectivity index (χ3v) is 4.66. The third kappa shape index (κ3) is 2.75. The number of anilines is 1. The van der Waals surface area contributed by atoms with Crippen molar-refractivity contribution in [3.05, 3.63) is 36.0 Å². The molecule has 1 atom stereocenters. The van der Waals surface area contributed by atoms with Crippen LogP contribution in [-0.4, -0.2) is 24.1 Å². The monoisotopic (exact) mass is 281 g/mol. The lowest BCUT2D eigenvalue weighted by molar-refractivity contribution is 0.659. The fourth-order valence-corrected chi connectivity index (χ4v) is 3.25. The normalized spacial score (nSPS) is 22.1. The second-order valence-electron chi connectivity index (χ2n) is 6.64. The molecular formula is C18H23N3. The fourth-order valence-electron chi connectivity index (χ4n) is 3.25. The average Bonchev–Trinajstić information content (AvgIpc) is 3.24. The van der Waals surface area contributed by atoms with Crippen LogP contribution in [0.1, 0.15) is 31.9 Å². The van der Waals surface area contributed by atoms with Crippen molar-refractivity contribution in [1.29, 1.82) is 0 Å². The van der Waals surface area contributed by atoms with Crippen molar-refractivity contribution >= 4 is 16.6 Å². The molecule has 1 saturated carbocycles. The van der Waals surface area contributed by atoms with Gasteiger partial charge in [-0.15, -0.1) is 0 Å². The molecule has 1 aromatic carbocycles. The van der Waals surface area contributed by atoms with Gasteiger partial charge in [0.15, 0.2) is 0 Å². The summed E-state index contributed by atoms with van der Waals surface area (Å²) in [5.41, 5.74) is 3.68. The average molecular weight is 281 g/mol. The van der Waals surface area contributed by atoms with Crippen LogP contribution in [-0.2, 0) is 6.54 Å². The highest BCUT2D eigenvalue weighted by molar-refractivity contribution is 5.92. The van der Waals surface area contributed by atoms with E-state index in [1.54, 1.807) is 0 Å². The van der Waals surface area contributed by atoms with Gasteiger partial charge in [-0.05, 0) is 37.3 Å². The zero-order valence-corrected chi connectivity index (χ0v) is 12.7. The minimum absolute atomic E-state index is 0.730. The molecule has 3 heteroatoms. The molecule has 1 aliphatic carbocycles. The van der Waals surface area contributed by atoms with E-state index in [4.69, 9.17) is 4.98 Å². The quantitative estimate of drug-likeness (QED) is 0.931. The summed E-state index contributed by atoms with van der Waals surface area (Å²) in [6.07, 6.45) is 3.94. The summed E-state index contributed by atoms with van der Waals surface area (Å²) in [5, 5.41) is 4.88. The lowest BCUT2D eigenvalue weighted by atomic mass is 10.1. The van der Waals surface area contributed by atoms with Gasteiger partial charge in [0.25, 0.3) is 0 Å². The molecule has 0 bridgehead atoms. The van der Waals surface area contributed by atoms with Gasteiger partial charge in [0.2, 0.25) is 0 Å². The van der Waals surface area contributed by atoms with Gasteiger partial charge in [0.1, 0.15) is 0 Å². The molecule has 2 heterocycles. The highest BCUT2D eigenvalue weighted by Gasteiger charge is 2.23. The van der Waals surface area contributed by atoms with Crippen LogP contribution >= 0.6 is 0 Å². The Balaban J connectivity index is 1.70. The first-order valence-corrected chi connectivity index (χ1v) is 8.16. The predicted molar refractivity (Wildman–Crippen MR) is 87.6 cm³/mol. The van der Waals surface area contributed by atoms with Crippen molar-refractivity contribution in [2.45, 2.75) is 38.8 Å². The smallest absolute Gasteiger partial charge is 0.0726 e. The molecule has 2 fully saturated rings. The molecule has 1 unspecified atom stereocenters. The van der Waals surface area contributed by atoms with Gasteiger partial charge in [-0.3, -0.25) is 4.98 Å². The maximum atomic E-state index is 4.84. The van der Waals surface area contributed by atoms with Gasteiger partial charge in [-0.25, -0.2) is 0 Å². The molecule has 0 amide bonds. The molecule has 0 radical (unpaired) electrons. The lowest BCUT2D eigenvalue weighted by Crippen LogP contribution is -2.21. The van der Waals surface area contributed by atoms with Crippen LogP contribution in [0.3, 0.4) is 0 Å². The Hall–Kier alpha value is -1.61. The Labute approximate surface area is 126 Å². The Morgan fingerprint density at radius 1 is 1.24 bits per heavy atom. The van der Waals surface area contributed by atoms with E-state index in [2.05, 4.69) is 47.5 Å².